The zero-order valence-electron chi connectivity index (χ0n) is 7.13. The zero-order valence-corrected chi connectivity index (χ0v) is 8.77. The Hall–Kier alpha value is -0.180. The van der Waals surface area contributed by atoms with E-state index in [0.717, 1.165) is 10.7 Å². The van der Waals surface area contributed by atoms with Gasteiger partial charge in [0.05, 0.1) is 6.61 Å². The Labute approximate surface area is 77.4 Å². The van der Waals surface area contributed by atoms with E-state index in [9.17, 15) is 16.8 Å². The minimum atomic E-state index is -3.79. The summed E-state index contributed by atoms with van der Waals surface area (Å²) in [5, 5.41) is -0.889. The van der Waals surface area contributed by atoms with Crippen molar-refractivity contribution in [3.63, 3.8) is 0 Å². The molecule has 1 saturated heterocycles. The van der Waals surface area contributed by atoms with E-state index in [1.54, 1.807) is 0 Å². The molecule has 0 spiro atoms. The Kier molecular flexibility index (Phi) is 2.95. The average Bonchev–Trinajstić information content (AvgIpc) is 2.29. The first-order chi connectivity index (χ1) is 5.81. The molecule has 0 aromatic heterocycles. The quantitative estimate of drug-likeness (QED) is 0.617. The van der Waals surface area contributed by atoms with Crippen molar-refractivity contribution in [1.82, 2.24) is 4.47 Å². The van der Waals surface area contributed by atoms with Crippen LogP contribution in [0.15, 0.2) is 0 Å². The van der Waals surface area contributed by atoms with Crippen LogP contribution in [0.4, 0.5) is 0 Å². The van der Waals surface area contributed by atoms with Crippen LogP contribution in [0, 0.1) is 0 Å². The van der Waals surface area contributed by atoms with E-state index in [-0.39, 0.29) is 6.54 Å². The number of sulfonamides is 1. The summed E-state index contributed by atoms with van der Waals surface area (Å²) < 4.78 is 44.8. The molecule has 0 bridgehead atoms. The molecular weight excluding hydrogens is 218 g/mol. The summed E-state index contributed by atoms with van der Waals surface area (Å²) in [5.41, 5.74) is 0. The van der Waals surface area contributed by atoms with Crippen LogP contribution in [0.1, 0.15) is 6.42 Å². The Morgan fingerprint density at radius 3 is 2.31 bits per heavy atom. The highest BCUT2D eigenvalue weighted by Gasteiger charge is 2.30. The van der Waals surface area contributed by atoms with Crippen molar-refractivity contribution in [2.24, 2.45) is 0 Å². The summed E-state index contributed by atoms with van der Waals surface area (Å²) in [6, 6.07) is 0. The van der Waals surface area contributed by atoms with Gasteiger partial charge in [-0.15, -0.1) is 0 Å². The Balaban J connectivity index is 2.77. The van der Waals surface area contributed by atoms with Crippen molar-refractivity contribution >= 4 is 19.9 Å². The first kappa shape index (κ1) is 10.9. The number of sulfone groups is 1. The van der Waals surface area contributed by atoms with Gasteiger partial charge in [-0.25, -0.2) is 16.8 Å². The second kappa shape index (κ2) is 3.52. The van der Waals surface area contributed by atoms with Gasteiger partial charge in [-0.2, -0.15) is 0 Å². The smallest absolute Gasteiger partial charge is 0.250 e. The summed E-state index contributed by atoms with van der Waals surface area (Å²) in [5.74, 6) is 0. The molecule has 0 unspecified atom stereocenters. The molecule has 13 heavy (non-hydrogen) atoms. The average molecular weight is 229 g/mol. The number of rotatable bonds is 3. The molecule has 1 aliphatic heterocycles. The molecule has 0 aliphatic carbocycles. The summed E-state index contributed by atoms with van der Waals surface area (Å²) in [4.78, 5) is 4.74. The first-order valence-corrected chi connectivity index (χ1v) is 7.29. The van der Waals surface area contributed by atoms with Crippen molar-refractivity contribution < 1.29 is 21.7 Å². The van der Waals surface area contributed by atoms with Gasteiger partial charge in [-0.1, -0.05) is 4.47 Å². The molecule has 6 nitrogen and oxygen atoms in total. The summed E-state index contributed by atoms with van der Waals surface area (Å²) in [6.07, 6.45) is 1.48. The lowest BCUT2D eigenvalue weighted by Crippen LogP contribution is -2.31. The molecule has 1 aliphatic rings. The third kappa shape index (κ3) is 3.22. The van der Waals surface area contributed by atoms with Gasteiger partial charge in [-0.3, -0.25) is 4.84 Å². The van der Waals surface area contributed by atoms with Gasteiger partial charge in [0.15, 0.2) is 14.9 Å². The van der Waals surface area contributed by atoms with E-state index in [4.69, 9.17) is 4.84 Å². The van der Waals surface area contributed by atoms with Gasteiger partial charge in [-0.05, 0) is 6.42 Å². The lowest BCUT2D eigenvalue weighted by Gasteiger charge is -2.12. The van der Waals surface area contributed by atoms with E-state index >= 15 is 0 Å². The minimum absolute atomic E-state index is 0.234. The Bertz CT molecular complexity index is 364. The molecule has 1 rings (SSSR count). The molecular formula is C5H11NO5S2. The topological polar surface area (TPSA) is 80.8 Å². The van der Waals surface area contributed by atoms with E-state index in [1.807, 2.05) is 0 Å². The molecule has 1 fully saturated rings. The maximum atomic E-state index is 11.3. The molecule has 0 aromatic rings. The third-order valence-electron chi connectivity index (χ3n) is 1.39. The van der Waals surface area contributed by atoms with Crippen LogP contribution in [0.5, 0.6) is 0 Å². The number of hydroxylamine groups is 1. The molecule has 78 valence electrons. The largest absolute Gasteiger partial charge is 0.284 e. The molecule has 0 aromatic carbocycles. The Morgan fingerprint density at radius 1 is 1.31 bits per heavy atom. The Morgan fingerprint density at radius 2 is 1.92 bits per heavy atom. The van der Waals surface area contributed by atoms with Crippen molar-refractivity contribution in [3.8, 4) is 0 Å². The number of hydrogen-bond acceptors (Lipinski definition) is 5. The van der Waals surface area contributed by atoms with E-state index < -0.39 is 24.9 Å². The zero-order chi connectivity index (χ0) is 10.1. The number of hydrogen-bond donors (Lipinski definition) is 0. The number of nitrogens with zero attached hydrogens (tertiary/aromatic N) is 1. The predicted octanol–water partition coefficient (Wildman–Crippen LogP) is -1.04. The monoisotopic (exact) mass is 229 g/mol. The van der Waals surface area contributed by atoms with Crippen LogP contribution < -0.4 is 0 Å². The second-order valence-electron chi connectivity index (χ2n) is 2.87. The van der Waals surface area contributed by atoms with Gasteiger partial charge in [0.25, 0.3) is 0 Å². The molecule has 0 atom stereocenters. The van der Waals surface area contributed by atoms with Crippen LogP contribution in [-0.4, -0.2) is 45.8 Å². The van der Waals surface area contributed by atoms with Crippen LogP contribution in [-0.2, 0) is 24.7 Å². The third-order valence-corrected chi connectivity index (χ3v) is 5.21. The summed E-state index contributed by atoms with van der Waals surface area (Å²) in [6.45, 7) is 0.556. The fraction of sp³-hybridized carbons (Fsp3) is 1.00. The first-order valence-electron chi connectivity index (χ1n) is 3.62. The highest BCUT2D eigenvalue weighted by molar-refractivity contribution is 8.06. The highest BCUT2D eigenvalue weighted by Crippen LogP contribution is 2.12. The van der Waals surface area contributed by atoms with Crippen molar-refractivity contribution in [2.45, 2.75) is 6.42 Å². The van der Waals surface area contributed by atoms with Gasteiger partial charge < -0.3 is 0 Å². The van der Waals surface area contributed by atoms with E-state index in [0.29, 0.717) is 13.0 Å². The van der Waals surface area contributed by atoms with Crippen LogP contribution >= 0.6 is 0 Å². The minimum Gasteiger partial charge on any atom is -0.284 e. The predicted molar refractivity (Wildman–Crippen MR) is 45.9 cm³/mol. The van der Waals surface area contributed by atoms with Gasteiger partial charge in [0, 0.05) is 12.8 Å². The fourth-order valence-electron chi connectivity index (χ4n) is 0.973. The highest BCUT2D eigenvalue weighted by atomic mass is 32.3. The van der Waals surface area contributed by atoms with Gasteiger partial charge in [0.1, 0.15) is 0 Å². The van der Waals surface area contributed by atoms with Crippen LogP contribution in [0.3, 0.4) is 0 Å². The molecule has 0 amide bonds. The van der Waals surface area contributed by atoms with Crippen LogP contribution in [0.25, 0.3) is 0 Å². The lowest BCUT2D eigenvalue weighted by molar-refractivity contribution is -0.0279. The molecule has 8 heteroatoms. The normalized spacial score (nSPS) is 20.7. The van der Waals surface area contributed by atoms with Crippen molar-refractivity contribution in [1.29, 1.82) is 0 Å². The van der Waals surface area contributed by atoms with E-state index in [2.05, 4.69) is 0 Å². The second-order valence-corrected chi connectivity index (χ2v) is 7.23. The van der Waals surface area contributed by atoms with Crippen molar-refractivity contribution in [3.05, 3.63) is 0 Å². The van der Waals surface area contributed by atoms with Crippen molar-refractivity contribution in [2.75, 3.05) is 24.5 Å². The van der Waals surface area contributed by atoms with E-state index in [1.165, 1.54) is 0 Å². The summed E-state index contributed by atoms with van der Waals surface area (Å²) >= 11 is 0. The molecule has 0 saturated carbocycles. The maximum Gasteiger partial charge on any atom is 0.250 e. The standard InChI is InChI=1S/C5H11NO5S2/c1-12(7,8)5-13(9,10)6-3-2-4-11-6/h2-5H2,1H3. The maximum absolute atomic E-state index is 11.3. The van der Waals surface area contributed by atoms with Gasteiger partial charge >= 0.3 is 0 Å². The SMILES string of the molecule is CS(=O)(=O)CS(=O)(=O)N1CCCO1. The van der Waals surface area contributed by atoms with Crippen LogP contribution in [0.2, 0.25) is 0 Å². The molecule has 0 radical (unpaired) electrons. The fourth-order valence-corrected chi connectivity index (χ4v) is 4.25. The molecule has 1 heterocycles. The lowest BCUT2D eigenvalue weighted by atomic mass is 10.5. The summed E-state index contributed by atoms with van der Waals surface area (Å²) in [7, 11) is -7.32. The van der Waals surface area contributed by atoms with Gasteiger partial charge in [0.2, 0.25) is 10.0 Å². The molecule has 0 N–H and O–H groups in total.